The molecule has 1 fully saturated rings. The fourth-order valence-corrected chi connectivity index (χ4v) is 3.10. The summed E-state index contributed by atoms with van der Waals surface area (Å²) in [6.07, 6.45) is 2.38. The van der Waals surface area contributed by atoms with Gasteiger partial charge in [-0.3, -0.25) is 9.69 Å². The molecule has 1 amide bonds. The van der Waals surface area contributed by atoms with Gasteiger partial charge in [-0.05, 0) is 38.8 Å². The van der Waals surface area contributed by atoms with Gasteiger partial charge in [0.25, 0.3) is 0 Å². The molecule has 4 rings (SSSR count). The van der Waals surface area contributed by atoms with Gasteiger partial charge in [0.15, 0.2) is 0 Å². The summed E-state index contributed by atoms with van der Waals surface area (Å²) in [4.78, 5) is 16.6. The molecule has 2 aromatic heterocycles. The lowest BCUT2D eigenvalue weighted by atomic mass is 10.1. The lowest BCUT2D eigenvalue weighted by Gasteiger charge is -2.22. The summed E-state index contributed by atoms with van der Waals surface area (Å²) in [5.41, 5.74) is 2.66. The van der Waals surface area contributed by atoms with E-state index in [9.17, 15) is 4.79 Å². The van der Waals surface area contributed by atoms with Gasteiger partial charge in [0, 0.05) is 32.7 Å². The van der Waals surface area contributed by atoms with Crippen LogP contribution in [0.25, 0.3) is 11.0 Å². The molecule has 3 aromatic rings. The van der Waals surface area contributed by atoms with Gasteiger partial charge in [-0.25, -0.2) is 9.31 Å². The van der Waals surface area contributed by atoms with E-state index >= 15 is 0 Å². The molecule has 0 unspecified atom stereocenters. The van der Waals surface area contributed by atoms with Crippen LogP contribution in [-0.4, -0.2) is 72.4 Å². The van der Waals surface area contributed by atoms with E-state index in [1.54, 1.807) is 0 Å². The van der Waals surface area contributed by atoms with Gasteiger partial charge in [0.1, 0.15) is 23.9 Å². The van der Waals surface area contributed by atoms with Crippen LogP contribution < -0.4 is 0 Å². The molecule has 0 N–H and O–H groups in total. The second-order valence-electron chi connectivity index (χ2n) is 6.07. The molecular formula is C15H18N8O2. The smallest absolute Gasteiger partial charge is 0.244 e. The Morgan fingerprint density at radius 1 is 1.16 bits per heavy atom. The first kappa shape index (κ1) is 15.6. The van der Waals surface area contributed by atoms with Crippen LogP contribution in [0.4, 0.5) is 0 Å². The first-order valence-electron chi connectivity index (χ1n) is 8.20. The number of hydrogen-bond acceptors (Lipinski definition) is 8. The maximum atomic E-state index is 12.4. The van der Waals surface area contributed by atoms with Crippen molar-refractivity contribution in [1.82, 2.24) is 40.3 Å². The number of benzene rings is 1. The number of aromatic nitrogens is 6. The van der Waals surface area contributed by atoms with Crippen LogP contribution in [0.2, 0.25) is 0 Å². The predicted molar refractivity (Wildman–Crippen MR) is 86.1 cm³/mol. The lowest BCUT2D eigenvalue weighted by Crippen LogP contribution is -2.37. The van der Waals surface area contributed by atoms with Gasteiger partial charge >= 0.3 is 0 Å². The topological polar surface area (TPSA) is 106 Å². The number of carbonyl (C=O) groups excluding carboxylic acids is 1. The Hall–Kier alpha value is -2.88. The van der Waals surface area contributed by atoms with Crippen LogP contribution in [0.5, 0.6) is 0 Å². The monoisotopic (exact) mass is 342 g/mol. The highest BCUT2D eigenvalue weighted by molar-refractivity contribution is 5.77. The van der Waals surface area contributed by atoms with Gasteiger partial charge in [-0.1, -0.05) is 12.1 Å². The SMILES string of the molecule is O=C(Cn1cnnn1)N1CCCN(Cc2cccc3nonc23)CC1. The molecule has 0 atom stereocenters. The first-order chi connectivity index (χ1) is 12.3. The minimum Gasteiger partial charge on any atom is -0.340 e. The van der Waals surface area contributed by atoms with E-state index in [1.165, 1.54) is 11.0 Å². The van der Waals surface area contributed by atoms with E-state index < -0.39 is 0 Å². The Labute approximate surface area is 143 Å². The van der Waals surface area contributed by atoms with E-state index in [4.69, 9.17) is 4.63 Å². The Bertz CT molecular complexity index is 846. The third-order valence-electron chi connectivity index (χ3n) is 4.39. The third kappa shape index (κ3) is 3.48. The second kappa shape index (κ2) is 6.93. The molecule has 25 heavy (non-hydrogen) atoms. The van der Waals surface area contributed by atoms with Crippen molar-refractivity contribution < 1.29 is 9.42 Å². The zero-order valence-corrected chi connectivity index (χ0v) is 13.7. The maximum Gasteiger partial charge on any atom is 0.244 e. The van der Waals surface area contributed by atoms with E-state index in [0.717, 1.165) is 49.2 Å². The number of nitrogens with zero attached hydrogens (tertiary/aromatic N) is 8. The van der Waals surface area contributed by atoms with Crippen LogP contribution in [0, 0.1) is 0 Å². The van der Waals surface area contributed by atoms with Crippen molar-refractivity contribution in [2.24, 2.45) is 0 Å². The molecule has 3 heterocycles. The van der Waals surface area contributed by atoms with Crippen molar-refractivity contribution in [1.29, 1.82) is 0 Å². The highest BCUT2D eigenvalue weighted by atomic mass is 16.6. The van der Waals surface area contributed by atoms with Crippen molar-refractivity contribution in [2.45, 2.75) is 19.5 Å². The Morgan fingerprint density at radius 2 is 2.12 bits per heavy atom. The molecule has 0 radical (unpaired) electrons. The summed E-state index contributed by atoms with van der Waals surface area (Å²) in [5, 5.41) is 18.7. The molecule has 10 nitrogen and oxygen atoms in total. The van der Waals surface area contributed by atoms with Gasteiger partial charge in [-0.15, -0.1) is 5.10 Å². The zero-order valence-electron chi connectivity index (χ0n) is 13.7. The van der Waals surface area contributed by atoms with E-state index in [-0.39, 0.29) is 12.5 Å². The maximum absolute atomic E-state index is 12.4. The number of fused-ring (bicyclic) bond motifs is 1. The fraction of sp³-hybridized carbons (Fsp3) is 0.467. The van der Waals surface area contributed by atoms with Crippen LogP contribution >= 0.6 is 0 Å². The predicted octanol–water partition coefficient (Wildman–Crippen LogP) is -0.0562. The largest absolute Gasteiger partial charge is 0.340 e. The summed E-state index contributed by atoms with van der Waals surface area (Å²) in [6.45, 7) is 4.11. The van der Waals surface area contributed by atoms with Crippen molar-refractivity contribution >= 4 is 16.9 Å². The van der Waals surface area contributed by atoms with Gasteiger partial charge in [-0.2, -0.15) is 0 Å². The highest BCUT2D eigenvalue weighted by Gasteiger charge is 2.20. The first-order valence-corrected chi connectivity index (χ1v) is 8.20. The highest BCUT2D eigenvalue weighted by Crippen LogP contribution is 2.17. The normalized spacial score (nSPS) is 16.2. The standard InChI is InChI=1S/C15H18N8O2/c24-14(10-23-11-16-19-20-23)22-6-2-5-21(7-8-22)9-12-3-1-4-13-15(12)18-25-17-13/h1,3-4,11H,2,5-10H2. The molecule has 130 valence electrons. The van der Waals surface area contributed by atoms with Crippen LogP contribution in [0.15, 0.2) is 29.2 Å². The average Bonchev–Trinajstić information content (AvgIpc) is 3.24. The molecule has 0 spiro atoms. The van der Waals surface area contributed by atoms with Crippen LogP contribution in [-0.2, 0) is 17.9 Å². The molecule has 1 aliphatic heterocycles. The number of hydrogen-bond donors (Lipinski definition) is 0. The molecule has 10 heteroatoms. The van der Waals surface area contributed by atoms with E-state index in [2.05, 4.69) is 30.7 Å². The van der Waals surface area contributed by atoms with Gasteiger partial charge < -0.3 is 4.90 Å². The second-order valence-corrected chi connectivity index (χ2v) is 6.07. The minimum absolute atomic E-state index is 0.0388. The van der Waals surface area contributed by atoms with Gasteiger partial charge in [0.2, 0.25) is 5.91 Å². The molecule has 1 aliphatic rings. The minimum atomic E-state index is 0.0388. The van der Waals surface area contributed by atoms with Crippen LogP contribution in [0.3, 0.4) is 0 Å². The summed E-state index contributed by atoms with van der Waals surface area (Å²) in [6, 6.07) is 5.89. The van der Waals surface area contributed by atoms with Crippen molar-refractivity contribution in [2.75, 3.05) is 26.2 Å². The molecule has 0 saturated carbocycles. The Morgan fingerprint density at radius 3 is 3.00 bits per heavy atom. The Balaban J connectivity index is 1.38. The fourth-order valence-electron chi connectivity index (χ4n) is 3.10. The molecule has 1 saturated heterocycles. The van der Waals surface area contributed by atoms with E-state index in [1.807, 2.05) is 23.1 Å². The summed E-state index contributed by atoms with van der Waals surface area (Å²) >= 11 is 0. The van der Waals surface area contributed by atoms with Crippen LogP contribution in [0.1, 0.15) is 12.0 Å². The lowest BCUT2D eigenvalue weighted by molar-refractivity contribution is -0.131. The molecule has 1 aromatic carbocycles. The zero-order chi connectivity index (χ0) is 17.1. The molecular weight excluding hydrogens is 324 g/mol. The number of rotatable bonds is 4. The molecule has 0 aliphatic carbocycles. The van der Waals surface area contributed by atoms with Crippen molar-refractivity contribution in [3.8, 4) is 0 Å². The number of tetrazole rings is 1. The van der Waals surface area contributed by atoms with E-state index in [0.29, 0.717) is 6.54 Å². The Kier molecular flexibility index (Phi) is 4.34. The quantitative estimate of drug-likeness (QED) is 0.649. The summed E-state index contributed by atoms with van der Waals surface area (Å²) in [5.74, 6) is 0.0388. The third-order valence-corrected chi connectivity index (χ3v) is 4.39. The number of amides is 1. The van der Waals surface area contributed by atoms with Gasteiger partial charge in [0.05, 0.1) is 0 Å². The summed E-state index contributed by atoms with van der Waals surface area (Å²) < 4.78 is 6.28. The number of carbonyl (C=O) groups is 1. The molecule has 0 bridgehead atoms. The summed E-state index contributed by atoms with van der Waals surface area (Å²) in [7, 11) is 0. The average molecular weight is 342 g/mol. The van der Waals surface area contributed by atoms with Crippen molar-refractivity contribution in [3.63, 3.8) is 0 Å². The van der Waals surface area contributed by atoms with Crippen molar-refractivity contribution in [3.05, 3.63) is 30.1 Å².